The molecule has 0 saturated heterocycles. The van der Waals surface area contributed by atoms with Crippen LogP contribution in [0, 0.1) is 11.8 Å². The van der Waals surface area contributed by atoms with Gasteiger partial charge in [0.15, 0.2) is 0 Å². The van der Waals surface area contributed by atoms with Crippen molar-refractivity contribution < 1.29 is 4.74 Å². The maximum Gasteiger partial charge on any atom is 0.232 e. The zero-order valence-corrected chi connectivity index (χ0v) is 21.2. The van der Waals surface area contributed by atoms with E-state index in [1.54, 1.807) is 12.4 Å². The molecular weight excluding hydrogens is 418 g/mol. The second-order valence-electron chi connectivity index (χ2n) is 10.7. The molecule has 0 aliphatic heterocycles. The van der Waals surface area contributed by atoms with Gasteiger partial charge in [0, 0.05) is 17.5 Å². The topological polar surface area (TPSA) is 47.9 Å². The summed E-state index contributed by atoms with van der Waals surface area (Å²) in [6.45, 7) is 0.730. The number of aromatic nitrogens is 3. The van der Waals surface area contributed by atoms with Crippen LogP contribution >= 0.6 is 0 Å². The third-order valence-corrected chi connectivity index (χ3v) is 7.44. The minimum atomic E-state index is 0.620. The van der Waals surface area contributed by atoms with Crippen molar-refractivity contribution in [3.63, 3.8) is 0 Å². The Morgan fingerprint density at radius 3 is 1.85 bits per heavy atom. The molecule has 2 heterocycles. The number of hydrogen-bond donors (Lipinski definition) is 0. The summed E-state index contributed by atoms with van der Waals surface area (Å²) in [6.07, 6.45) is 30.1. The largest absolute Gasteiger partial charge is 0.477 e. The zero-order valence-electron chi connectivity index (χ0n) is 21.2. The monoisotopic (exact) mass is 463 g/mol. The minimum absolute atomic E-state index is 0.620. The predicted octanol–water partition coefficient (Wildman–Crippen LogP) is 8.35. The van der Waals surface area contributed by atoms with E-state index in [1.807, 2.05) is 6.20 Å². The lowest BCUT2D eigenvalue weighted by Gasteiger charge is -2.07. The normalized spacial score (nSPS) is 15.5. The van der Waals surface area contributed by atoms with Gasteiger partial charge in [-0.25, -0.2) is 9.97 Å². The first-order valence-electron chi connectivity index (χ1n) is 14.3. The number of aryl methyl sites for hydroxylation is 1. The van der Waals surface area contributed by atoms with E-state index in [2.05, 4.69) is 27.1 Å². The Labute approximate surface area is 207 Å². The van der Waals surface area contributed by atoms with Gasteiger partial charge in [-0.05, 0) is 43.2 Å². The van der Waals surface area contributed by atoms with Crippen molar-refractivity contribution in [1.29, 1.82) is 0 Å². The first-order chi connectivity index (χ1) is 16.9. The highest BCUT2D eigenvalue weighted by Gasteiger charge is 2.20. The molecular formula is C30H45N3O. The lowest BCUT2D eigenvalue weighted by atomic mass is 10.0. The van der Waals surface area contributed by atoms with E-state index in [0.717, 1.165) is 42.5 Å². The summed E-state index contributed by atoms with van der Waals surface area (Å²) in [5.41, 5.74) is 3.05. The highest BCUT2D eigenvalue weighted by Crippen LogP contribution is 2.34. The van der Waals surface area contributed by atoms with Crippen molar-refractivity contribution >= 4 is 0 Å². The molecule has 0 spiro atoms. The average Bonchev–Trinajstić information content (AvgIpc) is 3.79. The molecule has 2 aromatic rings. The number of nitrogens with zero attached hydrogens (tertiary/aromatic N) is 3. The van der Waals surface area contributed by atoms with Gasteiger partial charge in [0.1, 0.15) is 0 Å². The van der Waals surface area contributed by atoms with E-state index in [0.29, 0.717) is 5.88 Å². The molecule has 186 valence electrons. The van der Waals surface area contributed by atoms with Crippen LogP contribution in [0.25, 0.3) is 11.3 Å². The maximum atomic E-state index is 5.77. The molecule has 4 rings (SSSR count). The van der Waals surface area contributed by atoms with Crippen molar-refractivity contribution in [2.24, 2.45) is 11.8 Å². The SMILES string of the molecule is c1cc(CCCCCCCCCC2CC2)ncc1-c1cnc(OCCCCCCC2CC2)cn1. The van der Waals surface area contributed by atoms with Crippen LogP contribution in [0.3, 0.4) is 0 Å². The molecule has 2 aromatic heterocycles. The number of rotatable bonds is 19. The van der Waals surface area contributed by atoms with Gasteiger partial charge in [-0.1, -0.05) is 96.3 Å². The lowest BCUT2D eigenvalue weighted by Crippen LogP contribution is -2.00. The number of hydrogen-bond acceptors (Lipinski definition) is 4. The molecule has 0 radical (unpaired) electrons. The molecule has 0 bridgehead atoms. The van der Waals surface area contributed by atoms with Gasteiger partial charge < -0.3 is 4.74 Å². The van der Waals surface area contributed by atoms with Crippen molar-refractivity contribution in [2.45, 2.75) is 116 Å². The Hall–Kier alpha value is -1.97. The molecule has 0 amide bonds. The summed E-state index contributed by atoms with van der Waals surface area (Å²) in [5, 5.41) is 0. The molecule has 2 aliphatic rings. The fraction of sp³-hybridized carbons (Fsp3) is 0.700. The number of ether oxygens (including phenoxy) is 1. The quantitative estimate of drug-likeness (QED) is 0.196. The number of pyridine rings is 1. The van der Waals surface area contributed by atoms with Crippen LogP contribution in [0.1, 0.15) is 115 Å². The average molecular weight is 464 g/mol. The molecule has 34 heavy (non-hydrogen) atoms. The van der Waals surface area contributed by atoms with Crippen LogP contribution in [-0.4, -0.2) is 21.6 Å². The van der Waals surface area contributed by atoms with Crippen LogP contribution < -0.4 is 4.74 Å². The van der Waals surface area contributed by atoms with Gasteiger partial charge in [0.05, 0.1) is 24.7 Å². The molecule has 4 nitrogen and oxygen atoms in total. The van der Waals surface area contributed by atoms with Gasteiger partial charge in [-0.3, -0.25) is 4.98 Å². The Bertz CT molecular complexity index is 797. The lowest BCUT2D eigenvalue weighted by molar-refractivity contribution is 0.292. The van der Waals surface area contributed by atoms with E-state index >= 15 is 0 Å². The second kappa shape index (κ2) is 14.4. The van der Waals surface area contributed by atoms with Gasteiger partial charge in [0.2, 0.25) is 5.88 Å². The molecule has 4 heteroatoms. The molecule has 0 N–H and O–H groups in total. The zero-order chi connectivity index (χ0) is 23.3. The molecule has 2 saturated carbocycles. The third kappa shape index (κ3) is 10.1. The summed E-state index contributed by atoms with van der Waals surface area (Å²) in [7, 11) is 0. The minimum Gasteiger partial charge on any atom is -0.477 e. The Morgan fingerprint density at radius 2 is 1.26 bits per heavy atom. The van der Waals surface area contributed by atoms with Crippen molar-refractivity contribution in [3.05, 3.63) is 36.4 Å². The van der Waals surface area contributed by atoms with Crippen LogP contribution in [0.4, 0.5) is 0 Å². The van der Waals surface area contributed by atoms with Gasteiger partial charge >= 0.3 is 0 Å². The fourth-order valence-corrected chi connectivity index (χ4v) is 4.77. The van der Waals surface area contributed by atoms with E-state index in [4.69, 9.17) is 4.74 Å². The molecule has 0 atom stereocenters. The molecule has 0 aromatic carbocycles. The Kier molecular flexibility index (Phi) is 10.7. The van der Waals surface area contributed by atoms with Gasteiger partial charge in [-0.2, -0.15) is 0 Å². The molecule has 2 fully saturated rings. The van der Waals surface area contributed by atoms with Crippen LogP contribution in [0.5, 0.6) is 5.88 Å². The van der Waals surface area contributed by atoms with Crippen LogP contribution in [0.15, 0.2) is 30.7 Å². The highest BCUT2D eigenvalue weighted by molar-refractivity contribution is 5.56. The first kappa shape index (κ1) is 25.1. The maximum absolute atomic E-state index is 5.77. The Balaban J connectivity index is 1.04. The fourth-order valence-electron chi connectivity index (χ4n) is 4.77. The van der Waals surface area contributed by atoms with E-state index in [-0.39, 0.29) is 0 Å². The highest BCUT2D eigenvalue weighted by atomic mass is 16.5. The van der Waals surface area contributed by atoms with Crippen LogP contribution in [0.2, 0.25) is 0 Å². The van der Waals surface area contributed by atoms with E-state index in [9.17, 15) is 0 Å². The number of unbranched alkanes of at least 4 members (excludes halogenated alkanes) is 9. The standard InChI is InChI=1S/C30H45N3O/c1(2-4-8-12-25-15-16-25)3-5-10-14-28-20-19-27(22-31-28)29-23-33-30(24-32-29)34-21-11-7-6-9-13-26-17-18-26/h19-20,22-26H,1-18,21H2. The Morgan fingerprint density at radius 1 is 0.618 bits per heavy atom. The van der Waals surface area contributed by atoms with Gasteiger partial charge in [0.25, 0.3) is 0 Å². The van der Waals surface area contributed by atoms with Gasteiger partial charge in [-0.15, -0.1) is 0 Å². The molecule has 0 unspecified atom stereocenters. The summed E-state index contributed by atoms with van der Waals surface area (Å²) < 4.78 is 5.77. The van der Waals surface area contributed by atoms with E-state index in [1.165, 1.54) is 108 Å². The summed E-state index contributed by atoms with van der Waals surface area (Å²) in [6, 6.07) is 4.26. The van der Waals surface area contributed by atoms with Crippen molar-refractivity contribution in [2.75, 3.05) is 6.61 Å². The van der Waals surface area contributed by atoms with Crippen molar-refractivity contribution in [3.8, 4) is 17.1 Å². The van der Waals surface area contributed by atoms with E-state index < -0.39 is 0 Å². The van der Waals surface area contributed by atoms with Crippen molar-refractivity contribution in [1.82, 2.24) is 15.0 Å². The first-order valence-corrected chi connectivity index (χ1v) is 14.3. The summed E-state index contributed by atoms with van der Waals surface area (Å²) in [4.78, 5) is 13.6. The molecule has 2 aliphatic carbocycles. The smallest absolute Gasteiger partial charge is 0.232 e. The third-order valence-electron chi connectivity index (χ3n) is 7.44. The summed E-state index contributed by atoms with van der Waals surface area (Å²) >= 11 is 0. The second-order valence-corrected chi connectivity index (χ2v) is 10.7. The van der Waals surface area contributed by atoms with Crippen LogP contribution in [-0.2, 0) is 6.42 Å². The predicted molar refractivity (Wildman–Crippen MR) is 140 cm³/mol. The summed E-state index contributed by atoms with van der Waals surface area (Å²) in [5.74, 6) is 2.78.